The fourth-order valence-corrected chi connectivity index (χ4v) is 2.47. The molecule has 0 atom stereocenters. The summed E-state index contributed by atoms with van der Waals surface area (Å²) in [4.78, 5) is 2.39. The normalized spacial score (nSPS) is 11.7. The van der Waals surface area contributed by atoms with Crippen LogP contribution in [-0.4, -0.2) is 14.6 Å². The van der Waals surface area contributed by atoms with E-state index in [9.17, 15) is 8.42 Å². The van der Waals surface area contributed by atoms with Gasteiger partial charge in [0.2, 0.25) is 0 Å². The third-order valence-electron chi connectivity index (χ3n) is 2.83. The van der Waals surface area contributed by atoms with E-state index in [2.05, 4.69) is 16.9 Å². The zero-order valence-corrected chi connectivity index (χ0v) is 12.0. The lowest BCUT2D eigenvalue weighted by molar-refractivity contribution is 0.584. The number of benzene rings is 2. The third kappa shape index (κ3) is 3.68. The second kappa shape index (κ2) is 6.34. The zero-order valence-electron chi connectivity index (χ0n) is 11.2. The van der Waals surface area contributed by atoms with Crippen molar-refractivity contribution in [3.63, 3.8) is 0 Å². The number of rotatable bonds is 5. The Bertz CT molecular complexity index is 678. The zero-order chi connectivity index (χ0) is 14.4. The van der Waals surface area contributed by atoms with E-state index in [0.717, 1.165) is 12.0 Å². The molecule has 0 aliphatic heterocycles. The van der Waals surface area contributed by atoms with Gasteiger partial charge in [-0.1, -0.05) is 49.4 Å². The molecule has 20 heavy (non-hydrogen) atoms. The molecule has 4 nitrogen and oxygen atoms in total. The summed E-state index contributed by atoms with van der Waals surface area (Å²) in [5.41, 5.74) is 2.07. The van der Waals surface area contributed by atoms with E-state index in [0.29, 0.717) is 0 Å². The molecule has 0 aromatic heterocycles. The van der Waals surface area contributed by atoms with Gasteiger partial charge in [0.15, 0.2) is 0 Å². The molecular formula is C15H16N2O2S. The number of nitrogens with one attached hydrogen (secondary N) is 1. The highest BCUT2D eigenvalue weighted by Gasteiger charge is 2.10. The number of sulfonamides is 1. The minimum Gasteiger partial charge on any atom is -0.200 e. The standard InChI is InChI=1S/C15H16N2O2S/c1-2-13-8-10-14(11-9-13)12-16-17-20(18,19)15-6-4-3-5-7-15/h3-12,17H,2H2,1H3/b16-12-. The molecule has 1 N–H and O–H groups in total. The van der Waals surface area contributed by atoms with E-state index in [-0.39, 0.29) is 4.90 Å². The third-order valence-corrected chi connectivity index (χ3v) is 4.07. The van der Waals surface area contributed by atoms with E-state index in [4.69, 9.17) is 0 Å². The molecule has 0 bridgehead atoms. The minimum atomic E-state index is -3.59. The highest BCUT2D eigenvalue weighted by atomic mass is 32.2. The first kappa shape index (κ1) is 14.3. The second-order valence-electron chi connectivity index (χ2n) is 4.26. The molecule has 0 radical (unpaired) electrons. The van der Waals surface area contributed by atoms with Crippen LogP contribution in [0.3, 0.4) is 0 Å². The fourth-order valence-electron chi connectivity index (χ4n) is 1.66. The molecular weight excluding hydrogens is 272 g/mol. The van der Waals surface area contributed by atoms with Crippen LogP contribution in [0.25, 0.3) is 0 Å². The molecule has 0 fully saturated rings. The molecule has 0 aliphatic rings. The van der Waals surface area contributed by atoms with E-state index >= 15 is 0 Å². The number of aryl methyl sites for hydroxylation is 1. The summed E-state index contributed by atoms with van der Waals surface area (Å²) in [6.45, 7) is 2.08. The SMILES string of the molecule is CCc1ccc(/C=N\NS(=O)(=O)c2ccccc2)cc1. The van der Waals surface area contributed by atoms with Gasteiger partial charge in [0.25, 0.3) is 10.0 Å². The molecule has 0 heterocycles. The van der Waals surface area contributed by atoms with Crippen LogP contribution < -0.4 is 4.83 Å². The van der Waals surface area contributed by atoms with Gasteiger partial charge in [-0.05, 0) is 29.7 Å². The molecule has 104 valence electrons. The Hall–Kier alpha value is -2.14. The van der Waals surface area contributed by atoms with Crippen LogP contribution in [0.2, 0.25) is 0 Å². The highest BCUT2D eigenvalue weighted by molar-refractivity contribution is 7.89. The smallest absolute Gasteiger partial charge is 0.200 e. The van der Waals surface area contributed by atoms with Gasteiger partial charge in [0.05, 0.1) is 11.1 Å². The Balaban J connectivity index is 2.05. The van der Waals surface area contributed by atoms with Crippen molar-refractivity contribution < 1.29 is 8.42 Å². The Morgan fingerprint density at radius 1 is 1.05 bits per heavy atom. The van der Waals surface area contributed by atoms with Crippen LogP contribution in [0.1, 0.15) is 18.1 Å². The Labute approximate surface area is 119 Å². The van der Waals surface area contributed by atoms with Gasteiger partial charge in [0.1, 0.15) is 0 Å². The maximum atomic E-state index is 11.9. The van der Waals surface area contributed by atoms with Gasteiger partial charge >= 0.3 is 0 Å². The molecule has 0 amide bonds. The molecule has 0 aliphatic carbocycles. The van der Waals surface area contributed by atoms with Gasteiger partial charge in [-0.25, -0.2) is 4.83 Å². The highest BCUT2D eigenvalue weighted by Crippen LogP contribution is 2.07. The van der Waals surface area contributed by atoms with Gasteiger partial charge in [-0.2, -0.15) is 13.5 Å². The van der Waals surface area contributed by atoms with Crippen molar-refractivity contribution >= 4 is 16.2 Å². The van der Waals surface area contributed by atoms with Crippen molar-refractivity contribution in [2.24, 2.45) is 5.10 Å². The van der Waals surface area contributed by atoms with Crippen LogP contribution in [-0.2, 0) is 16.4 Å². The maximum absolute atomic E-state index is 11.9. The largest absolute Gasteiger partial charge is 0.276 e. The van der Waals surface area contributed by atoms with Crippen molar-refractivity contribution in [3.05, 3.63) is 65.7 Å². The Morgan fingerprint density at radius 2 is 1.70 bits per heavy atom. The van der Waals surface area contributed by atoms with Crippen LogP contribution in [0, 0.1) is 0 Å². The Morgan fingerprint density at radius 3 is 2.30 bits per heavy atom. The summed E-state index contributed by atoms with van der Waals surface area (Å²) in [7, 11) is -3.59. The molecule has 0 spiro atoms. The van der Waals surface area contributed by atoms with Crippen LogP contribution in [0.4, 0.5) is 0 Å². The van der Waals surface area contributed by atoms with Crippen LogP contribution in [0.5, 0.6) is 0 Å². The lowest BCUT2D eigenvalue weighted by atomic mass is 10.1. The lowest BCUT2D eigenvalue weighted by Crippen LogP contribution is -2.18. The summed E-state index contributed by atoms with van der Waals surface area (Å²) < 4.78 is 23.8. The fraction of sp³-hybridized carbons (Fsp3) is 0.133. The van der Waals surface area contributed by atoms with E-state index < -0.39 is 10.0 Å². The minimum absolute atomic E-state index is 0.193. The average molecular weight is 288 g/mol. The summed E-state index contributed by atoms with van der Waals surface area (Å²) in [6, 6.07) is 15.9. The van der Waals surface area contributed by atoms with Crippen molar-refractivity contribution in [1.29, 1.82) is 0 Å². The summed E-state index contributed by atoms with van der Waals surface area (Å²) >= 11 is 0. The van der Waals surface area contributed by atoms with Crippen molar-refractivity contribution in [1.82, 2.24) is 4.83 Å². The average Bonchev–Trinajstić information content (AvgIpc) is 2.49. The quantitative estimate of drug-likeness (QED) is 0.679. The number of hydrogen-bond donors (Lipinski definition) is 1. The first-order chi connectivity index (χ1) is 9.62. The molecule has 2 aromatic rings. The van der Waals surface area contributed by atoms with Gasteiger partial charge in [0, 0.05) is 0 Å². The summed E-state index contributed by atoms with van der Waals surface area (Å²) in [5, 5.41) is 3.78. The first-order valence-electron chi connectivity index (χ1n) is 6.30. The summed E-state index contributed by atoms with van der Waals surface area (Å²) in [5.74, 6) is 0. The predicted octanol–water partition coefficient (Wildman–Crippen LogP) is 2.56. The first-order valence-corrected chi connectivity index (χ1v) is 7.79. The second-order valence-corrected chi connectivity index (χ2v) is 5.92. The van der Waals surface area contributed by atoms with Crippen LogP contribution >= 0.6 is 0 Å². The topological polar surface area (TPSA) is 58.5 Å². The van der Waals surface area contributed by atoms with Crippen molar-refractivity contribution in [2.75, 3.05) is 0 Å². The van der Waals surface area contributed by atoms with E-state index in [1.807, 2.05) is 24.3 Å². The molecule has 0 saturated carbocycles. The number of hydrogen-bond acceptors (Lipinski definition) is 3. The number of hydrazone groups is 1. The molecule has 5 heteroatoms. The monoisotopic (exact) mass is 288 g/mol. The molecule has 2 rings (SSSR count). The van der Waals surface area contributed by atoms with Crippen molar-refractivity contribution in [2.45, 2.75) is 18.2 Å². The Kier molecular flexibility index (Phi) is 4.53. The lowest BCUT2D eigenvalue weighted by Gasteiger charge is -2.02. The summed E-state index contributed by atoms with van der Waals surface area (Å²) in [6.07, 6.45) is 2.46. The number of nitrogens with zero attached hydrogens (tertiary/aromatic N) is 1. The van der Waals surface area contributed by atoms with E-state index in [1.165, 1.54) is 23.9 Å². The van der Waals surface area contributed by atoms with Crippen molar-refractivity contribution in [3.8, 4) is 0 Å². The van der Waals surface area contributed by atoms with E-state index in [1.54, 1.807) is 18.2 Å². The molecule has 0 saturated heterocycles. The molecule has 2 aromatic carbocycles. The van der Waals surface area contributed by atoms with Gasteiger partial charge < -0.3 is 0 Å². The molecule has 0 unspecified atom stereocenters. The van der Waals surface area contributed by atoms with Gasteiger partial charge in [-0.3, -0.25) is 0 Å². The van der Waals surface area contributed by atoms with Gasteiger partial charge in [-0.15, -0.1) is 0 Å². The maximum Gasteiger partial charge on any atom is 0.276 e. The predicted molar refractivity (Wildman–Crippen MR) is 80.2 cm³/mol. The van der Waals surface area contributed by atoms with Crippen LogP contribution in [0.15, 0.2) is 64.6 Å².